The van der Waals surface area contributed by atoms with E-state index >= 15 is 0 Å². The molecule has 4 nitrogen and oxygen atoms in total. The lowest BCUT2D eigenvalue weighted by Crippen LogP contribution is -2.45. The number of nitrogens with one attached hydrogen (secondary N) is 1. The fourth-order valence-corrected chi connectivity index (χ4v) is 5.59. The molecule has 2 unspecified atom stereocenters. The number of hydrogen-bond donors (Lipinski definition) is 3. The second-order valence-corrected chi connectivity index (χ2v) is 13.7. The van der Waals surface area contributed by atoms with Crippen LogP contribution in [-0.4, -0.2) is 34.9 Å². The summed E-state index contributed by atoms with van der Waals surface area (Å²) in [7, 11) is 0. The van der Waals surface area contributed by atoms with Crippen molar-refractivity contribution in [1.29, 1.82) is 0 Å². The summed E-state index contributed by atoms with van der Waals surface area (Å²) in [6.45, 7) is 4.15. The lowest BCUT2D eigenvalue weighted by Gasteiger charge is -2.19. The average Bonchev–Trinajstić information content (AvgIpc) is 3.13. The summed E-state index contributed by atoms with van der Waals surface area (Å²) in [5, 5.41) is 22.9. The molecule has 4 heteroatoms. The molecule has 0 saturated heterocycles. The van der Waals surface area contributed by atoms with Crippen molar-refractivity contribution in [3.8, 4) is 0 Å². The first-order chi connectivity index (χ1) is 25.2. The van der Waals surface area contributed by atoms with E-state index in [1.165, 1.54) is 70.6 Å². The zero-order valence-corrected chi connectivity index (χ0v) is 33.1. The molecule has 0 aliphatic rings. The van der Waals surface area contributed by atoms with Crippen molar-refractivity contribution in [3.05, 3.63) is 97.2 Å². The Bertz CT molecular complexity index is 983. The molecule has 0 rings (SSSR count). The van der Waals surface area contributed by atoms with Gasteiger partial charge in [-0.2, -0.15) is 0 Å². The molecule has 0 aromatic carbocycles. The Morgan fingerprint density at radius 2 is 0.882 bits per heavy atom. The Morgan fingerprint density at radius 3 is 1.37 bits per heavy atom. The van der Waals surface area contributed by atoms with E-state index in [-0.39, 0.29) is 12.5 Å². The predicted octanol–water partition coefficient (Wildman–Crippen LogP) is 13.1. The van der Waals surface area contributed by atoms with Crippen LogP contribution in [0.2, 0.25) is 0 Å². The Kier molecular flexibility index (Phi) is 39.5. The van der Waals surface area contributed by atoms with Crippen LogP contribution in [-0.2, 0) is 4.79 Å². The van der Waals surface area contributed by atoms with Gasteiger partial charge in [-0.05, 0) is 89.9 Å². The molecule has 290 valence electrons. The summed E-state index contributed by atoms with van der Waals surface area (Å²) in [5.41, 5.74) is 0. The fourth-order valence-electron chi connectivity index (χ4n) is 5.59. The largest absolute Gasteiger partial charge is 0.394 e. The minimum atomic E-state index is -0.890. The van der Waals surface area contributed by atoms with Crippen molar-refractivity contribution in [2.45, 2.75) is 187 Å². The van der Waals surface area contributed by atoms with Gasteiger partial charge in [0.25, 0.3) is 0 Å². The quantitative estimate of drug-likeness (QED) is 0.0449. The van der Waals surface area contributed by atoms with E-state index in [9.17, 15) is 15.0 Å². The maximum absolute atomic E-state index is 12.4. The van der Waals surface area contributed by atoms with Gasteiger partial charge in [-0.1, -0.05) is 175 Å². The summed E-state index contributed by atoms with van der Waals surface area (Å²) in [4.78, 5) is 12.4. The van der Waals surface area contributed by atoms with Crippen LogP contribution >= 0.6 is 0 Å². The molecule has 0 heterocycles. The lowest BCUT2D eigenvalue weighted by atomic mass is 10.1. The number of aliphatic hydroxyl groups is 2. The van der Waals surface area contributed by atoms with Crippen LogP contribution in [0.15, 0.2) is 97.2 Å². The minimum Gasteiger partial charge on any atom is -0.394 e. The molecule has 0 aliphatic heterocycles. The molecule has 0 radical (unpaired) electrons. The maximum atomic E-state index is 12.4. The molecule has 0 aliphatic carbocycles. The van der Waals surface area contributed by atoms with Crippen LogP contribution in [0.4, 0.5) is 0 Å². The summed E-state index contributed by atoms with van der Waals surface area (Å²) < 4.78 is 0. The van der Waals surface area contributed by atoms with Gasteiger partial charge < -0.3 is 15.5 Å². The number of amides is 1. The highest BCUT2D eigenvalue weighted by Crippen LogP contribution is 2.12. The molecule has 3 N–H and O–H groups in total. The SMILES string of the molecule is CC/C=C\C/C=C\C/C=C\C/C=C\C/C=C\CCCCCC(=O)NC(CO)C(O)/C=C/CC/C=C/CC/C=C/CCCCCCCCCCCC. The zero-order chi connectivity index (χ0) is 37.1. The number of carbonyl (C=O) groups is 1. The highest BCUT2D eigenvalue weighted by atomic mass is 16.3. The molecule has 51 heavy (non-hydrogen) atoms. The number of allylic oxidation sites excluding steroid dienone is 15. The molecule has 2 atom stereocenters. The summed E-state index contributed by atoms with van der Waals surface area (Å²) in [6, 6.07) is -0.669. The highest BCUT2D eigenvalue weighted by molar-refractivity contribution is 5.76. The monoisotopic (exact) mass is 706 g/mol. The molecule has 0 bridgehead atoms. The third-order valence-electron chi connectivity index (χ3n) is 8.78. The van der Waals surface area contributed by atoms with Gasteiger partial charge in [0.1, 0.15) is 0 Å². The van der Waals surface area contributed by atoms with Crippen molar-refractivity contribution >= 4 is 5.91 Å². The van der Waals surface area contributed by atoms with Crippen LogP contribution in [0.1, 0.15) is 174 Å². The highest BCUT2D eigenvalue weighted by Gasteiger charge is 2.17. The average molecular weight is 706 g/mol. The van der Waals surface area contributed by atoms with Gasteiger partial charge in [-0.15, -0.1) is 0 Å². The lowest BCUT2D eigenvalue weighted by molar-refractivity contribution is -0.123. The third-order valence-corrected chi connectivity index (χ3v) is 8.78. The van der Waals surface area contributed by atoms with Gasteiger partial charge in [-0.25, -0.2) is 0 Å². The predicted molar refractivity (Wildman–Crippen MR) is 225 cm³/mol. The number of hydrogen-bond acceptors (Lipinski definition) is 3. The van der Waals surface area contributed by atoms with Gasteiger partial charge in [-0.3, -0.25) is 4.79 Å². The van der Waals surface area contributed by atoms with E-state index in [1.807, 2.05) is 6.08 Å². The molecular weight excluding hydrogens is 627 g/mol. The van der Waals surface area contributed by atoms with E-state index in [0.717, 1.165) is 83.5 Å². The van der Waals surface area contributed by atoms with Crippen LogP contribution in [0.5, 0.6) is 0 Å². The smallest absolute Gasteiger partial charge is 0.220 e. The molecule has 0 fully saturated rings. The van der Waals surface area contributed by atoms with Crippen molar-refractivity contribution in [1.82, 2.24) is 5.32 Å². The second kappa shape index (κ2) is 41.7. The topological polar surface area (TPSA) is 69.6 Å². The van der Waals surface area contributed by atoms with Crippen LogP contribution in [0.25, 0.3) is 0 Å². The molecule has 1 amide bonds. The first-order valence-corrected chi connectivity index (χ1v) is 21.0. The maximum Gasteiger partial charge on any atom is 0.220 e. The molecule has 0 spiro atoms. The van der Waals surface area contributed by atoms with Crippen molar-refractivity contribution < 1.29 is 15.0 Å². The first kappa shape index (κ1) is 48.3. The van der Waals surface area contributed by atoms with E-state index in [1.54, 1.807) is 6.08 Å². The molecule has 0 aromatic rings. The van der Waals surface area contributed by atoms with Crippen LogP contribution in [0, 0.1) is 0 Å². The van der Waals surface area contributed by atoms with Crippen LogP contribution < -0.4 is 5.32 Å². The number of rotatable bonds is 36. The number of carbonyl (C=O) groups excluding carboxylic acids is 1. The fraction of sp³-hybridized carbons (Fsp3) is 0.638. The van der Waals surface area contributed by atoms with E-state index in [0.29, 0.717) is 6.42 Å². The number of unbranched alkanes of at least 4 members (excludes halogenated alkanes) is 15. The molecular formula is C47H79NO3. The molecule has 0 aromatic heterocycles. The summed E-state index contributed by atoms with van der Waals surface area (Å²) >= 11 is 0. The van der Waals surface area contributed by atoms with Crippen molar-refractivity contribution in [3.63, 3.8) is 0 Å². The minimum absolute atomic E-state index is 0.114. The Morgan fingerprint density at radius 1 is 0.490 bits per heavy atom. The van der Waals surface area contributed by atoms with Crippen molar-refractivity contribution in [2.75, 3.05) is 6.61 Å². The summed E-state index contributed by atoms with van der Waals surface area (Å²) in [6.07, 6.45) is 62.2. The van der Waals surface area contributed by atoms with Gasteiger partial charge in [0.2, 0.25) is 5.91 Å². The summed E-state index contributed by atoms with van der Waals surface area (Å²) in [5.74, 6) is -0.114. The standard InChI is InChI=1S/C47H79NO3/c1-3-5-7-9-11-13-15-17-19-21-23-25-26-28-30-32-34-36-38-40-42-46(50)45(44-49)48-47(51)43-41-39-37-35-33-31-29-27-24-22-20-18-16-14-12-10-8-6-4-2/h6,8,12,14,18,20,24-27,31-34,40,42,45-46,49-50H,3-5,7,9-11,13,15-17,19,21-23,28-30,35-39,41,43-44H2,1-2H3,(H,48,51)/b8-6-,14-12-,20-18-,26-25+,27-24-,33-31-,34-32+,42-40+. The van der Waals surface area contributed by atoms with Gasteiger partial charge in [0.05, 0.1) is 18.8 Å². The Hall–Kier alpha value is -2.69. The Labute approximate surface area is 315 Å². The van der Waals surface area contributed by atoms with Gasteiger partial charge in [0.15, 0.2) is 0 Å². The van der Waals surface area contributed by atoms with Crippen LogP contribution in [0.3, 0.4) is 0 Å². The van der Waals surface area contributed by atoms with E-state index in [2.05, 4.69) is 104 Å². The Balaban J connectivity index is 3.78. The third kappa shape index (κ3) is 38.4. The first-order valence-electron chi connectivity index (χ1n) is 21.0. The number of aliphatic hydroxyl groups excluding tert-OH is 2. The normalized spacial score (nSPS) is 14.0. The van der Waals surface area contributed by atoms with Gasteiger partial charge in [0, 0.05) is 6.42 Å². The molecule has 0 saturated carbocycles. The van der Waals surface area contributed by atoms with Crippen molar-refractivity contribution in [2.24, 2.45) is 0 Å². The van der Waals surface area contributed by atoms with E-state index < -0.39 is 12.1 Å². The van der Waals surface area contributed by atoms with Gasteiger partial charge >= 0.3 is 0 Å². The van der Waals surface area contributed by atoms with E-state index in [4.69, 9.17) is 0 Å². The second-order valence-electron chi connectivity index (χ2n) is 13.7. The zero-order valence-electron chi connectivity index (χ0n) is 33.1.